The zero-order chi connectivity index (χ0) is 19.7. The number of benzene rings is 1. The maximum Gasteiger partial charge on any atom is 0.253 e. The van der Waals surface area contributed by atoms with Crippen molar-refractivity contribution in [1.82, 2.24) is 25.7 Å². The monoisotopic (exact) mass is 413 g/mol. The molecule has 0 aliphatic carbocycles. The highest BCUT2D eigenvalue weighted by Gasteiger charge is 2.20. The summed E-state index contributed by atoms with van der Waals surface area (Å²) in [6, 6.07) is 5.17. The molecule has 0 aliphatic heterocycles. The minimum absolute atomic E-state index is 0. The van der Waals surface area contributed by atoms with Crippen LogP contribution in [0.4, 0.5) is 11.5 Å². The molecule has 0 aliphatic rings. The summed E-state index contributed by atoms with van der Waals surface area (Å²) in [5.41, 5.74) is 16.1. The Morgan fingerprint density at radius 1 is 1.24 bits per heavy atom. The van der Waals surface area contributed by atoms with E-state index in [1.165, 1.54) is 0 Å². The van der Waals surface area contributed by atoms with Gasteiger partial charge in [0, 0.05) is 41.3 Å². The second-order valence-corrected chi connectivity index (χ2v) is 6.34. The SMILES string of the molecule is CCCNC(=O)c1cc(-c2ncc(-c3cn[nH]c3)c3onc(N)c23)ccc1N.Cl. The molecule has 29 heavy (non-hydrogen) atoms. The molecule has 3 heterocycles. The van der Waals surface area contributed by atoms with Gasteiger partial charge in [-0.3, -0.25) is 14.9 Å². The number of anilines is 2. The maximum atomic E-state index is 12.4. The summed E-state index contributed by atoms with van der Waals surface area (Å²) in [6.45, 7) is 2.56. The van der Waals surface area contributed by atoms with E-state index in [2.05, 4.69) is 25.7 Å². The summed E-state index contributed by atoms with van der Waals surface area (Å²) in [4.78, 5) is 17.0. The molecule has 0 radical (unpaired) electrons. The fourth-order valence-electron chi connectivity index (χ4n) is 3.02. The van der Waals surface area contributed by atoms with Crippen LogP contribution in [-0.4, -0.2) is 32.8 Å². The molecule has 0 saturated carbocycles. The first kappa shape index (κ1) is 20.2. The number of hydrogen-bond acceptors (Lipinski definition) is 7. The van der Waals surface area contributed by atoms with Crippen LogP contribution in [0.15, 0.2) is 41.3 Å². The van der Waals surface area contributed by atoms with Crippen molar-refractivity contribution < 1.29 is 9.32 Å². The van der Waals surface area contributed by atoms with E-state index < -0.39 is 0 Å². The van der Waals surface area contributed by atoms with Gasteiger partial charge < -0.3 is 21.3 Å². The van der Waals surface area contributed by atoms with Crippen LogP contribution in [0.3, 0.4) is 0 Å². The van der Waals surface area contributed by atoms with Gasteiger partial charge >= 0.3 is 0 Å². The minimum atomic E-state index is -0.231. The van der Waals surface area contributed by atoms with Crippen molar-refractivity contribution >= 4 is 40.8 Å². The number of nitrogens with one attached hydrogen (secondary N) is 2. The number of rotatable bonds is 5. The summed E-state index contributed by atoms with van der Waals surface area (Å²) < 4.78 is 5.46. The predicted octanol–water partition coefficient (Wildman–Crippen LogP) is 3.01. The van der Waals surface area contributed by atoms with Crippen molar-refractivity contribution in [2.24, 2.45) is 0 Å². The molecule has 0 unspecified atom stereocenters. The summed E-state index contributed by atoms with van der Waals surface area (Å²) in [5.74, 6) is -0.0117. The number of aromatic nitrogens is 4. The van der Waals surface area contributed by atoms with Crippen molar-refractivity contribution in [1.29, 1.82) is 0 Å². The van der Waals surface area contributed by atoms with E-state index in [0.29, 0.717) is 45.6 Å². The van der Waals surface area contributed by atoms with Gasteiger partial charge in [0.2, 0.25) is 0 Å². The Hall–Kier alpha value is -3.59. The average molecular weight is 414 g/mol. The third kappa shape index (κ3) is 3.59. The molecule has 10 heteroatoms. The molecule has 150 valence electrons. The number of halogens is 1. The number of nitrogens with two attached hydrogens (primary N) is 2. The highest BCUT2D eigenvalue weighted by Crippen LogP contribution is 2.37. The van der Waals surface area contributed by atoms with E-state index in [0.717, 1.165) is 12.0 Å². The van der Waals surface area contributed by atoms with Gasteiger partial charge in [-0.05, 0) is 18.6 Å². The Kier molecular flexibility index (Phi) is 5.69. The molecular formula is C19H20ClN7O2. The largest absolute Gasteiger partial charge is 0.398 e. The first-order valence-corrected chi connectivity index (χ1v) is 8.81. The first-order valence-electron chi connectivity index (χ1n) is 8.81. The highest BCUT2D eigenvalue weighted by atomic mass is 35.5. The molecule has 0 bridgehead atoms. The Balaban J connectivity index is 0.00000240. The van der Waals surface area contributed by atoms with E-state index >= 15 is 0 Å². The third-order valence-corrected chi connectivity index (χ3v) is 4.44. The van der Waals surface area contributed by atoms with Crippen molar-refractivity contribution in [2.45, 2.75) is 13.3 Å². The number of pyridine rings is 1. The van der Waals surface area contributed by atoms with Crippen molar-refractivity contribution in [2.75, 3.05) is 18.0 Å². The van der Waals surface area contributed by atoms with Crippen LogP contribution in [0.25, 0.3) is 33.4 Å². The lowest BCUT2D eigenvalue weighted by molar-refractivity contribution is 0.0954. The molecule has 0 fully saturated rings. The van der Waals surface area contributed by atoms with Gasteiger partial charge in [0.05, 0.1) is 22.8 Å². The number of amides is 1. The van der Waals surface area contributed by atoms with E-state index in [1.54, 1.807) is 36.8 Å². The number of carbonyl (C=O) groups is 1. The van der Waals surface area contributed by atoms with E-state index in [-0.39, 0.29) is 24.1 Å². The number of fused-ring (bicyclic) bond motifs is 1. The van der Waals surface area contributed by atoms with Crippen molar-refractivity contribution in [3.63, 3.8) is 0 Å². The Morgan fingerprint density at radius 3 is 2.79 bits per heavy atom. The number of nitrogen functional groups attached to an aromatic ring is 2. The molecule has 0 spiro atoms. The smallest absolute Gasteiger partial charge is 0.253 e. The lowest BCUT2D eigenvalue weighted by Crippen LogP contribution is -2.24. The van der Waals surface area contributed by atoms with Crippen LogP contribution in [0.5, 0.6) is 0 Å². The van der Waals surface area contributed by atoms with Crippen LogP contribution >= 0.6 is 12.4 Å². The molecule has 9 nitrogen and oxygen atoms in total. The number of nitrogens with zero attached hydrogens (tertiary/aromatic N) is 3. The number of H-pyrrole nitrogens is 1. The van der Waals surface area contributed by atoms with E-state index in [4.69, 9.17) is 16.0 Å². The summed E-state index contributed by atoms with van der Waals surface area (Å²) in [7, 11) is 0. The zero-order valence-corrected chi connectivity index (χ0v) is 16.4. The maximum absolute atomic E-state index is 12.4. The van der Waals surface area contributed by atoms with Crippen LogP contribution in [0.1, 0.15) is 23.7 Å². The topological polar surface area (TPSA) is 149 Å². The van der Waals surface area contributed by atoms with Gasteiger partial charge in [-0.15, -0.1) is 12.4 Å². The van der Waals surface area contributed by atoms with Crippen LogP contribution in [-0.2, 0) is 0 Å². The van der Waals surface area contributed by atoms with Crippen LogP contribution in [0.2, 0.25) is 0 Å². The van der Waals surface area contributed by atoms with Gasteiger partial charge in [0.15, 0.2) is 11.4 Å². The van der Waals surface area contributed by atoms with Crippen LogP contribution < -0.4 is 16.8 Å². The molecule has 4 rings (SSSR count). The predicted molar refractivity (Wildman–Crippen MR) is 114 cm³/mol. The second kappa shape index (κ2) is 8.19. The number of hydrogen-bond donors (Lipinski definition) is 4. The first-order chi connectivity index (χ1) is 13.6. The Labute approximate surface area is 172 Å². The Bertz CT molecular complexity index is 1160. The molecule has 0 atom stereocenters. The fraction of sp³-hybridized carbons (Fsp3) is 0.158. The van der Waals surface area contributed by atoms with Gasteiger partial charge in [-0.25, -0.2) is 0 Å². The second-order valence-electron chi connectivity index (χ2n) is 6.34. The molecular weight excluding hydrogens is 394 g/mol. The van der Waals surface area contributed by atoms with Gasteiger partial charge in [-0.1, -0.05) is 18.1 Å². The Morgan fingerprint density at radius 2 is 2.07 bits per heavy atom. The lowest BCUT2D eigenvalue weighted by Gasteiger charge is -2.10. The van der Waals surface area contributed by atoms with Gasteiger partial charge in [-0.2, -0.15) is 5.10 Å². The number of aromatic amines is 1. The number of carbonyl (C=O) groups excluding carboxylic acids is 1. The quantitative estimate of drug-likeness (QED) is 0.367. The molecule has 1 amide bonds. The molecule has 1 aromatic carbocycles. The zero-order valence-electron chi connectivity index (χ0n) is 15.6. The molecule has 0 saturated heterocycles. The minimum Gasteiger partial charge on any atom is -0.398 e. The fourth-order valence-corrected chi connectivity index (χ4v) is 3.02. The standard InChI is InChI=1S/C19H19N7O2.ClH/c1-2-5-22-19(27)12-6-10(3-4-14(12)20)16-15-17(28-26-18(15)21)13(9-23-16)11-7-24-25-8-11;/h3-4,6-9H,2,5,20H2,1H3,(H2,21,26)(H,22,27)(H,24,25);1H. The molecule has 6 N–H and O–H groups in total. The lowest BCUT2D eigenvalue weighted by atomic mass is 10.0. The summed E-state index contributed by atoms with van der Waals surface area (Å²) >= 11 is 0. The molecule has 4 aromatic rings. The van der Waals surface area contributed by atoms with E-state index in [9.17, 15) is 4.79 Å². The molecule has 3 aromatic heterocycles. The van der Waals surface area contributed by atoms with Crippen LogP contribution in [0, 0.1) is 0 Å². The summed E-state index contributed by atoms with van der Waals surface area (Å²) in [6.07, 6.45) is 5.89. The highest BCUT2D eigenvalue weighted by molar-refractivity contribution is 6.06. The van der Waals surface area contributed by atoms with E-state index in [1.807, 2.05) is 6.92 Å². The van der Waals surface area contributed by atoms with Gasteiger partial charge in [0.1, 0.15) is 0 Å². The third-order valence-electron chi connectivity index (χ3n) is 4.44. The normalized spacial score (nSPS) is 10.7. The van der Waals surface area contributed by atoms with Crippen molar-refractivity contribution in [3.05, 3.63) is 42.4 Å². The summed E-state index contributed by atoms with van der Waals surface area (Å²) in [5, 5.41) is 14.0. The van der Waals surface area contributed by atoms with Gasteiger partial charge in [0.25, 0.3) is 5.91 Å². The average Bonchev–Trinajstić information content (AvgIpc) is 3.37. The van der Waals surface area contributed by atoms with Crippen molar-refractivity contribution in [3.8, 4) is 22.4 Å².